The predicted octanol–water partition coefficient (Wildman–Crippen LogP) is 0.960. The van der Waals surface area contributed by atoms with E-state index in [0.717, 1.165) is 0 Å². The molecule has 2 saturated heterocycles. The second-order valence-electron chi connectivity index (χ2n) is 4.48. The van der Waals surface area contributed by atoms with Gasteiger partial charge < -0.3 is 14.2 Å². The molecule has 1 N–H and O–H groups in total. The quantitative estimate of drug-likeness (QED) is 0.753. The third-order valence-electron chi connectivity index (χ3n) is 2.73. The fourth-order valence-electron chi connectivity index (χ4n) is 2.17. The molecular weight excluding hydrogens is 235 g/mol. The fraction of sp³-hybridized carbons (Fsp3) is 1.00. The highest BCUT2D eigenvalue weighted by atomic mass is 31.1. The predicted molar refractivity (Wildman–Crippen MR) is 53.9 cm³/mol. The van der Waals surface area contributed by atoms with Crippen LogP contribution in [0.25, 0.3) is 0 Å². The lowest BCUT2D eigenvalue weighted by atomic mass is 10.1. The van der Waals surface area contributed by atoms with E-state index < -0.39 is 14.0 Å². The monoisotopic (exact) mass is 251 g/mol. The second-order valence-corrected chi connectivity index (χ2v) is 5.21. The van der Waals surface area contributed by atoms with Gasteiger partial charge in [-0.05, 0) is 20.8 Å². The van der Waals surface area contributed by atoms with Crippen LogP contribution in [0.2, 0.25) is 0 Å². The molecule has 2 fully saturated rings. The lowest BCUT2D eigenvalue weighted by Crippen LogP contribution is -2.32. The molecule has 92 valence electrons. The molecule has 5 unspecified atom stereocenters. The van der Waals surface area contributed by atoms with E-state index in [2.05, 4.69) is 4.52 Å². The first-order valence-corrected chi connectivity index (χ1v) is 6.32. The Morgan fingerprint density at radius 1 is 1.38 bits per heavy atom. The van der Waals surface area contributed by atoms with Crippen LogP contribution in [-0.4, -0.2) is 41.7 Å². The summed E-state index contributed by atoms with van der Waals surface area (Å²) in [5.74, 6) is -0.632. The topological polar surface area (TPSA) is 74.2 Å². The molecule has 5 atom stereocenters. The lowest BCUT2D eigenvalue weighted by Gasteiger charge is -2.21. The standard InChI is InChI=1S/C9H15O6P/c1-5-7-8(15-9(2,3)14-7)6(13-5)4-12-16(10)11/h5-8H,4H2,1-3H3/p+1. The van der Waals surface area contributed by atoms with Crippen LogP contribution in [0, 0.1) is 0 Å². The molecule has 0 spiro atoms. The second kappa shape index (κ2) is 4.29. The van der Waals surface area contributed by atoms with Gasteiger partial charge in [-0.1, -0.05) is 0 Å². The van der Waals surface area contributed by atoms with Gasteiger partial charge in [-0.15, -0.1) is 9.42 Å². The molecule has 0 aromatic heterocycles. The van der Waals surface area contributed by atoms with E-state index in [1.807, 2.05) is 20.8 Å². The summed E-state index contributed by atoms with van der Waals surface area (Å²) in [6.45, 7) is 5.60. The van der Waals surface area contributed by atoms with E-state index in [1.54, 1.807) is 0 Å². The molecule has 2 aliphatic heterocycles. The van der Waals surface area contributed by atoms with Crippen molar-refractivity contribution in [3.8, 4) is 0 Å². The Morgan fingerprint density at radius 3 is 2.62 bits per heavy atom. The van der Waals surface area contributed by atoms with E-state index in [0.29, 0.717) is 0 Å². The van der Waals surface area contributed by atoms with Crippen molar-refractivity contribution < 1.29 is 28.2 Å². The summed E-state index contributed by atoms with van der Waals surface area (Å²) in [5, 5.41) is 0. The highest BCUT2D eigenvalue weighted by molar-refractivity contribution is 7.32. The van der Waals surface area contributed by atoms with Crippen molar-refractivity contribution in [2.45, 2.75) is 51.0 Å². The van der Waals surface area contributed by atoms with E-state index in [4.69, 9.17) is 19.1 Å². The summed E-state index contributed by atoms with van der Waals surface area (Å²) in [7, 11) is -2.60. The van der Waals surface area contributed by atoms with E-state index >= 15 is 0 Å². The first-order chi connectivity index (χ1) is 7.39. The summed E-state index contributed by atoms with van der Waals surface area (Å²) in [5.41, 5.74) is 0. The van der Waals surface area contributed by atoms with Gasteiger partial charge in [0.05, 0.1) is 6.10 Å². The van der Waals surface area contributed by atoms with Crippen molar-refractivity contribution in [2.75, 3.05) is 6.61 Å². The maximum atomic E-state index is 10.5. The molecule has 0 aliphatic carbocycles. The average Bonchev–Trinajstić information content (AvgIpc) is 2.59. The van der Waals surface area contributed by atoms with Crippen molar-refractivity contribution in [3.05, 3.63) is 0 Å². The van der Waals surface area contributed by atoms with Crippen LogP contribution in [0.4, 0.5) is 0 Å². The van der Waals surface area contributed by atoms with Gasteiger partial charge in [-0.2, -0.15) is 0 Å². The number of ether oxygens (including phenoxy) is 3. The van der Waals surface area contributed by atoms with Gasteiger partial charge in [-0.3, -0.25) is 0 Å². The normalized spacial score (nSPS) is 42.1. The summed E-state index contributed by atoms with van der Waals surface area (Å²) >= 11 is 0. The SMILES string of the molecule is CC1OC(CO[P+](=O)O)C2OC(C)(C)OC12. The van der Waals surface area contributed by atoms with E-state index in [1.165, 1.54) is 0 Å². The van der Waals surface area contributed by atoms with Crippen molar-refractivity contribution in [1.82, 2.24) is 0 Å². The molecule has 0 radical (unpaired) electrons. The van der Waals surface area contributed by atoms with Crippen molar-refractivity contribution >= 4 is 8.25 Å². The zero-order valence-corrected chi connectivity index (χ0v) is 10.3. The molecule has 0 aromatic rings. The first kappa shape index (κ1) is 12.4. The average molecular weight is 251 g/mol. The van der Waals surface area contributed by atoms with Crippen LogP contribution in [0.1, 0.15) is 20.8 Å². The van der Waals surface area contributed by atoms with E-state index in [-0.39, 0.29) is 31.0 Å². The van der Waals surface area contributed by atoms with Gasteiger partial charge in [0.25, 0.3) is 0 Å². The largest absolute Gasteiger partial charge is 0.694 e. The van der Waals surface area contributed by atoms with Gasteiger partial charge in [0, 0.05) is 4.57 Å². The van der Waals surface area contributed by atoms with Gasteiger partial charge in [0.1, 0.15) is 24.9 Å². The molecule has 16 heavy (non-hydrogen) atoms. The Kier molecular flexibility index (Phi) is 3.32. The third-order valence-corrected chi connectivity index (χ3v) is 3.10. The third kappa shape index (κ3) is 2.42. The molecule has 2 rings (SSSR count). The van der Waals surface area contributed by atoms with Crippen LogP contribution in [0.15, 0.2) is 0 Å². The minimum absolute atomic E-state index is 0.0383. The summed E-state index contributed by atoms with van der Waals surface area (Å²) in [6.07, 6.45) is -0.829. The molecule has 7 heteroatoms. The summed E-state index contributed by atoms with van der Waals surface area (Å²) in [4.78, 5) is 8.58. The van der Waals surface area contributed by atoms with Gasteiger partial charge in [-0.25, -0.2) is 0 Å². The highest BCUT2D eigenvalue weighted by Crippen LogP contribution is 2.39. The number of fused-ring (bicyclic) bond motifs is 1. The molecule has 2 heterocycles. The van der Waals surface area contributed by atoms with Crippen LogP contribution in [0.3, 0.4) is 0 Å². The smallest absolute Gasteiger partial charge is 0.367 e. The molecule has 0 aromatic carbocycles. The van der Waals surface area contributed by atoms with Gasteiger partial charge >= 0.3 is 8.25 Å². The van der Waals surface area contributed by atoms with Crippen molar-refractivity contribution in [3.63, 3.8) is 0 Å². The maximum Gasteiger partial charge on any atom is 0.694 e. The Morgan fingerprint density at radius 2 is 2.00 bits per heavy atom. The minimum Gasteiger partial charge on any atom is -0.367 e. The van der Waals surface area contributed by atoms with Crippen LogP contribution >= 0.6 is 8.25 Å². The first-order valence-electron chi connectivity index (χ1n) is 5.19. The zero-order valence-electron chi connectivity index (χ0n) is 9.45. The molecule has 2 aliphatic rings. The lowest BCUT2D eigenvalue weighted by molar-refractivity contribution is -0.187. The molecule has 0 saturated carbocycles. The Balaban J connectivity index is 1.99. The Bertz CT molecular complexity index is 294. The Labute approximate surface area is 94.8 Å². The molecular formula is C9H16O6P+. The fourth-order valence-corrected chi connectivity index (χ4v) is 2.44. The van der Waals surface area contributed by atoms with Gasteiger partial charge in [0.15, 0.2) is 5.79 Å². The van der Waals surface area contributed by atoms with Gasteiger partial charge in [0.2, 0.25) is 0 Å². The highest BCUT2D eigenvalue weighted by Gasteiger charge is 2.54. The van der Waals surface area contributed by atoms with Crippen molar-refractivity contribution in [2.24, 2.45) is 0 Å². The van der Waals surface area contributed by atoms with Crippen LogP contribution in [0.5, 0.6) is 0 Å². The minimum atomic E-state index is -2.60. The molecule has 6 nitrogen and oxygen atoms in total. The van der Waals surface area contributed by atoms with Crippen LogP contribution in [-0.2, 0) is 23.3 Å². The number of rotatable bonds is 3. The number of hydrogen-bond donors (Lipinski definition) is 1. The Hall–Kier alpha value is -0.100. The maximum absolute atomic E-state index is 10.5. The molecule has 0 amide bonds. The van der Waals surface area contributed by atoms with Crippen molar-refractivity contribution in [1.29, 1.82) is 0 Å². The van der Waals surface area contributed by atoms with E-state index in [9.17, 15) is 4.57 Å². The summed E-state index contributed by atoms with van der Waals surface area (Å²) in [6, 6.07) is 0. The summed E-state index contributed by atoms with van der Waals surface area (Å²) < 4.78 is 32.0. The zero-order chi connectivity index (χ0) is 11.9. The van der Waals surface area contributed by atoms with Crippen LogP contribution < -0.4 is 0 Å². The molecule has 0 bridgehead atoms. The number of hydrogen-bond acceptors (Lipinski definition) is 5.